The number of ether oxygens (including phenoxy) is 2. The second-order valence-electron chi connectivity index (χ2n) is 12.3. The standard InChI is InChI=1S/C39H39NO7S/c1-5-6-7-29-22-33-30(20-25(29)4)35(37(42)43)36(48-33)40-34(41)19-13-26-12-18-31(46-38(44)27-14-8-23(2)9-15-27)32(21-26)47-39(45)28-16-10-24(3)11-17-28/h8-19,21,25,29H,5-7,20,22H2,1-4H3,(H,40,41)(H,42,43). The van der Waals surface area contributed by atoms with E-state index in [9.17, 15) is 24.3 Å². The predicted octanol–water partition coefficient (Wildman–Crippen LogP) is 8.69. The lowest BCUT2D eigenvalue weighted by atomic mass is 9.77. The van der Waals surface area contributed by atoms with Crippen molar-refractivity contribution in [3.05, 3.63) is 117 Å². The van der Waals surface area contributed by atoms with Gasteiger partial charge in [0, 0.05) is 11.0 Å². The van der Waals surface area contributed by atoms with Crippen molar-refractivity contribution in [1.82, 2.24) is 0 Å². The zero-order valence-electron chi connectivity index (χ0n) is 27.5. The number of carboxylic acids is 1. The molecule has 1 heterocycles. The first-order valence-electron chi connectivity index (χ1n) is 16.1. The lowest BCUT2D eigenvalue weighted by Crippen LogP contribution is -2.23. The number of benzene rings is 3. The summed E-state index contributed by atoms with van der Waals surface area (Å²) in [6.45, 7) is 8.16. The van der Waals surface area contributed by atoms with Crippen molar-refractivity contribution in [2.24, 2.45) is 11.8 Å². The van der Waals surface area contributed by atoms with Crippen LogP contribution in [0.3, 0.4) is 0 Å². The Labute approximate surface area is 284 Å². The number of fused-ring (bicyclic) bond motifs is 1. The Morgan fingerprint density at radius 2 is 1.48 bits per heavy atom. The number of hydrogen-bond acceptors (Lipinski definition) is 7. The number of amides is 1. The Morgan fingerprint density at radius 3 is 2.06 bits per heavy atom. The van der Waals surface area contributed by atoms with E-state index in [1.807, 2.05) is 13.8 Å². The molecule has 9 heteroatoms. The van der Waals surface area contributed by atoms with Crippen LogP contribution < -0.4 is 14.8 Å². The van der Waals surface area contributed by atoms with Crippen LogP contribution in [0.2, 0.25) is 0 Å². The van der Waals surface area contributed by atoms with E-state index in [4.69, 9.17) is 9.47 Å². The van der Waals surface area contributed by atoms with Gasteiger partial charge in [-0.3, -0.25) is 4.79 Å². The van der Waals surface area contributed by atoms with Gasteiger partial charge in [-0.25, -0.2) is 14.4 Å². The average Bonchev–Trinajstić information content (AvgIpc) is 3.40. The second kappa shape index (κ2) is 15.3. The lowest BCUT2D eigenvalue weighted by molar-refractivity contribution is -0.111. The van der Waals surface area contributed by atoms with Crippen LogP contribution in [0.5, 0.6) is 11.5 Å². The highest BCUT2D eigenvalue weighted by molar-refractivity contribution is 7.17. The molecule has 2 atom stereocenters. The highest BCUT2D eigenvalue weighted by Gasteiger charge is 2.32. The van der Waals surface area contributed by atoms with Crippen LogP contribution >= 0.6 is 11.3 Å². The van der Waals surface area contributed by atoms with Crippen molar-refractivity contribution in [3.8, 4) is 11.5 Å². The van der Waals surface area contributed by atoms with Gasteiger partial charge in [-0.15, -0.1) is 11.3 Å². The third kappa shape index (κ3) is 8.27. The van der Waals surface area contributed by atoms with Gasteiger partial charge < -0.3 is 19.9 Å². The summed E-state index contributed by atoms with van der Waals surface area (Å²) in [5, 5.41) is 13.2. The number of thiophene rings is 1. The third-order valence-corrected chi connectivity index (χ3v) is 9.79. The molecule has 2 unspecified atom stereocenters. The van der Waals surface area contributed by atoms with Gasteiger partial charge in [0.2, 0.25) is 5.91 Å². The highest BCUT2D eigenvalue weighted by Crippen LogP contribution is 2.43. The fourth-order valence-electron chi connectivity index (χ4n) is 5.80. The molecule has 8 nitrogen and oxygen atoms in total. The van der Waals surface area contributed by atoms with E-state index in [1.54, 1.807) is 54.6 Å². The maximum Gasteiger partial charge on any atom is 0.343 e. The van der Waals surface area contributed by atoms with Gasteiger partial charge in [-0.1, -0.05) is 68.1 Å². The zero-order chi connectivity index (χ0) is 34.4. The van der Waals surface area contributed by atoms with Gasteiger partial charge in [0.25, 0.3) is 0 Å². The number of aryl methyl sites for hydroxylation is 2. The molecular formula is C39H39NO7S. The molecule has 48 heavy (non-hydrogen) atoms. The van der Waals surface area contributed by atoms with Gasteiger partial charge in [-0.2, -0.15) is 0 Å². The topological polar surface area (TPSA) is 119 Å². The van der Waals surface area contributed by atoms with Gasteiger partial charge in [-0.05, 0) is 98.5 Å². The van der Waals surface area contributed by atoms with E-state index in [0.29, 0.717) is 39.9 Å². The first-order valence-corrected chi connectivity index (χ1v) is 16.9. The summed E-state index contributed by atoms with van der Waals surface area (Å²) >= 11 is 1.34. The van der Waals surface area contributed by atoms with Crippen molar-refractivity contribution < 1.29 is 33.8 Å². The molecule has 0 saturated heterocycles. The molecule has 0 spiro atoms. The smallest absolute Gasteiger partial charge is 0.343 e. The van der Waals surface area contributed by atoms with Crippen LogP contribution in [0, 0.1) is 25.7 Å². The normalized spacial score (nSPS) is 15.5. The fourth-order valence-corrected chi connectivity index (χ4v) is 7.12. The van der Waals surface area contributed by atoms with Crippen LogP contribution in [0.1, 0.15) is 91.3 Å². The minimum atomic E-state index is -1.05. The van der Waals surface area contributed by atoms with Gasteiger partial charge in [0.05, 0.1) is 16.7 Å². The molecule has 0 saturated carbocycles. The molecule has 0 bridgehead atoms. The summed E-state index contributed by atoms with van der Waals surface area (Å²) in [5.74, 6) is -1.93. The first kappa shape index (κ1) is 34.3. The quantitative estimate of drug-likeness (QED) is 0.0935. The van der Waals surface area contributed by atoms with Crippen molar-refractivity contribution in [3.63, 3.8) is 0 Å². The number of carboxylic acid groups (broad SMARTS) is 1. The molecule has 248 valence electrons. The van der Waals surface area contributed by atoms with E-state index in [1.165, 1.54) is 35.6 Å². The Morgan fingerprint density at radius 1 is 0.875 bits per heavy atom. The Kier molecular flexibility index (Phi) is 10.9. The molecule has 0 fully saturated rings. The van der Waals surface area contributed by atoms with Crippen molar-refractivity contribution in [1.29, 1.82) is 0 Å². The number of anilines is 1. The van der Waals surface area contributed by atoms with E-state index in [-0.39, 0.29) is 17.1 Å². The molecule has 3 aromatic carbocycles. The van der Waals surface area contributed by atoms with Crippen LogP contribution in [0.4, 0.5) is 5.00 Å². The molecule has 0 aliphatic heterocycles. The number of aromatic carboxylic acids is 1. The molecule has 1 aliphatic rings. The Balaban J connectivity index is 1.36. The molecule has 1 amide bonds. The number of nitrogens with one attached hydrogen (secondary N) is 1. The average molecular weight is 666 g/mol. The number of hydrogen-bond donors (Lipinski definition) is 2. The first-order chi connectivity index (χ1) is 23.0. The summed E-state index contributed by atoms with van der Waals surface area (Å²) in [6.07, 6.45) is 7.66. The van der Waals surface area contributed by atoms with Crippen LogP contribution in [0.25, 0.3) is 6.08 Å². The highest BCUT2D eigenvalue weighted by atomic mass is 32.1. The minimum Gasteiger partial charge on any atom is -0.478 e. The number of unbranched alkanes of at least 4 members (excludes halogenated alkanes) is 1. The van der Waals surface area contributed by atoms with Gasteiger partial charge in [0.1, 0.15) is 5.00 Å². The second-order valence-corrected chi connectivity index (χ2v) is 13.4. The SMILES string of the molecule is CCCCC1Cc2sc(NC(=O)C=Cc3ccc(OC(=O)c4ccc(C)cc4)c(OC(=O)c4ccc(C)cc4)c3)c(C(=O)O)c2CC1C. The summed E-state index contributed by atoms with van der Waals surface area (Å²) in [5.41, 5.74) is 4.10. The van der Waals surface area contributed by atoms with E-state index >= 15 is 0 Å². The van der Waals surface area contributed by atoms with Crippen molar-refractivity contribution in [2.45, 2.75) is 59.8 Å². The van der Waals surface area contributed by atoms with Crippen LogP contribution in [-0.4, -0.2) is 28.9 Å². The van der Waals surface area contributed by atoms with Crippen molar-refractivity contribution >= 4 is 46.2 Å². The maximum atomic E-state index is 13.1. The Hall–Kier alpha value is -5.02. The summed E-state index contributed by atoms with van der Waals surface area (Å²) < 4.78 is 11.3. The molecular weight excluding hydrogens is 626 g/mol. The van der Waals surface area contributed by atoms with E-state index in [0.717, 1.165) is 47.3 Å². The molecule has 1 aromatic heterocycles. The molecule has 1 aliphatic carbocycles. The van der Waals surface area contributed by atoms with Crippen LogP contribution in [0.15, 0.2) is 72.8 Å². The van der Waals surface area contributed by atoms with Gasteiger partial charge >= 0.3 is 17.9 Å². The van der Waals surface area contributed by atoms with Gasteiger partial charge in [0.15, 0.2) is 11.5 Å². The molecule has 2 N–H and O–H groups in total. The maximum absolute atomic E-state index is 13.1. The fraction of sp³-hybridized carbons (Fsp3) is 0.282. The number of carbonyl (C=O) groups excluding carboxylic acids is 3. The monoisotopic (exact) mass is 665 g/mol. The number of carbonyl (C=O) groups is 4. The van der Waals surface area contributed by atoms with Crippen molar-refractivity contribution in [2.75, 3.05) is 5.32 Å². The van der Waals surface area contributed by atoms with E-state index in [2.05, 4.69) is 19.2 Å². The predicted molar refractivity (Wildman–Crippen MR) is 187 cm³/mol. The number of rotatable bonds is 11. The largest absolute Gasteiger partial charge is 0.478 e. The summed E-state index contributed by atoms with van der Waals surface area (Å²) in [7, 11) is 0. The molecule has 5 rings (SSSR count). The van der Waals surface area contributed by atoms with Crippen LogP contribution in [-0.2, 0) is 17.6 Å². The number of esters is 2. The molecule has 0 radical (unpaired) electrons. The minimum absolute atomic E-state index is 0.00515. The van der Waals surface area contributed by atoms with E-state index < -0.39 is 23.8 Å². The third-order valence-electron chi connectivity index (χ3n) is 8.62. The summed E-state index contributed by atoms with van der Waals surface area (Å²) in [4.78, 5) is 52.3. The summed E-state index contributed by atoms with van der Waals surface area (Å²) in [6, 6.07) is 18.4. The molecule has 4 aromatic rings. The zero-order valence-corrected chi connectivity index (χ0v) is 28.3. The lowest BCUT2D eigenvalue weighted by Gasteiger charge is -2.29. The Bertz CT molecular complexity index is 1850.